The zero-order valence-electron chi connectivity index (χ0n) is 26.9. The van der Waals surface area contributed by atoms with Crippen LogP contribution in [0, 0.1) is 5.92 Å². The summed E-state index contributed by atoms with van der Waals surface area (Å²) in [5.41, 5.74) is -2.36. The van der Waals surface area contributed by atoms with Crippen LogP contribution >= 0.6 is 0 Å². The van der Waals surface area contributed by atoms with E-state index in [-0.39, 0.29) is 5.92 Å². The van der Waals surface area contributed by atoms with Crippen LogP contribution in [0.4, 0.5) is 4.79 Å². The summed E-state index contributed by atoms with van der Waals surface area (Å²) in [6.45, 7) is 18.1. The Morgan fingerprint density at radius 1 is 0.548 bits per heavy atom. The van der Waals surface area contributed by atoms with Crippen molar-refractivity contribution in [1.29, 1.82) is 0 Å². The minimum Gasteiger partial charge on any atom is -0.368 e. The zero-order valence-corrected chi connectivity index (χ0v) is 26.9. The minimum atomic E-state index is -1.55. The maximum Gasteiger partial charge on any atom is 0.315 e. The largest absolute Gasteiger partial charge is 0.368 e. The third kappa shape index (κ3) is 10.5. The second-order valence-corrected chi connectivity index (χ2v) is 12.8. The van der Waals surface area contributed by atoms with Crippen molar-refractivity contribution >= 4 is 41.5 Å². The SMILES string of the molecule is CCNC(=O)N[C@](C)(C(=O)NC(C)(C)C(=O)NC(C)(C)C(=O)NC(C)(C)C(=O)NC(C)(C)C(=O)NCC(N)=O)C(C)C. The van der Waals surface area contributed by atoms with Gasteiger partial charge in [0.15, 0.2) is 0 Å². The van der Waals surface area contributed by atoms with Gasteiger partial charge in [-0.25, -0.2) is 4.79 Å². The molecule has 0 rings (SSSR count). The van der Waals surface area contributed by atoms with E-state index >= 15 is 0 Å². The number of rotatable bonds is 14. The molecule has 9 N–H and O–H groups in total. The summed E-state index contributed by atoms with van der Waals surface area (Å²) in [6, 6.07) is -0.537. The molecule has 0 aromatic rings. The molecule has 15 nitrogen and oxygen atoms in total. The van der Waals surface area contributed by atoms with Crippen LogP contribution in [0.1, 0.15) is 83.1 Å². The molecule has 0 saturated heterocycles. The Balaban J connectivity index is 5.58. The van der Waals surface area contributed by atoms with Crippen molar-refractivity contribution in [2.45, 2.75) is 111 Å². The van der Waals surface area contributed by atoms with Gasteiger partial charge in [0.1, 0.15) is 27.7 Å². The summed E-state index contributed by atoms with van der Waals surface area (Å²) in [5, 5.41) is 17.9. The van der Waals surface area contributed by atoms with E-state index in [4.69, 9.17) is 5.73 Å². The molecule has 0 radical (unpaired) electrons. The number of carbonyl (C=O) groups excluding carboxylic acids is 7. The molecule has 0 aromatic carbocycles. The maximum absolute atomic E-state index is 13.3. The molecule has 0 unspecified atom stereocenters. The summed E-state index contributed by atoms with van der Waals surface area (Å²) in [7, 11) is 0. The quantitative estimate of drug-likeness (QED) is 0.123. The molecule has 0 spiro atoms. The molecule has 0 saturated carbocycles. The highest BCUT2D eigenvalue weighted by molar-refractivity contribution is 6.01. The average molecular weight is 599 g/mol. The van der Waals surface area contributed by atoms with E-state index in [0.717, 1.165) is 0 Å². The van der Waals surface area contributed by atoms with E-state index in [1.807, 2.05) is 0 Å². The fourth-order valence-corrected chi connectivity index (χ4v) is 3.25. The van der Waals surface area contributed by atoms with Gasteiger partial charge in [0.25, 0.3) is 0 Å². The molecule has 0 bridgehead atoms. The Bertz CT molecular complexity index is 1080. The smallest absolute Gasteiger partial charge is 0.315 e. The van der Waals surface area contributed by atoms with Gasteiger partial charge < -0.3 is 43.0 Å². The van der Waals surface area contributed by atoms with Crippen molar-refractivity contribution in [3.63, 3.8) is 0 Å². The van der Waals surface area contributed by atoms with Gasteiger partial charge in [-0.05, 0) is 75.2 Å². The topological polar surface area (TPSA) is 230 Å². The predicted octanol–water partition coefficient (Wildman–Crippen LogP) is -1.10. The monoisotopic (exact) mass is 598 g/mol. The first-order valence-electron chi connectivity index (χ1n) is 13.7. The Labute approximate surface area is 248 Å². The van der Waals surface area contributed by atoms with E-state index in [1.54, 1.807) is 27.7 Å². The number of amides is 8. The Hall–Kier alpha value is -3.91. The molecule has 0 aromatic heterocycles. The predicted molar refractivity (Wildman–Crippen MR) is 157 cm³/mol. The lowest BCUT2D eigenvalue weighted by Gasteiger charge is -2.38. The molecule has 1 atom stereocenters. The number of urea groups is 1. The number of hydrogen-bond donors (Lipinski definition) is 8. The standard InChI is InChI=1S/C27H50N8O7/c1-13-29-22(42)35-27(12,15(2)3)21(41)34-26(10,11)20(40)33-25(8,9)19(39)32-24(6,7)18(38)31-23(4,5)17(37)30-14-16(28)36/h15H,13-14H2,1-12H3,(H2,28,36)(H,30,37)(H,31,38)(H,32,39)(H,33,40)(H,34,41)(H2,29,35,42)/t27-/m0/s1. The third-order valence-electron chi connectivity index (χ3n) is 6.73. The summed E-state index contributed by atoms with van der Waals surface area (Å²) in [6.07, 6.45) is 0. The van der Waals surface area contributed by atoms with Crippen molar-refractivity contribution < 1.29 is 33.6 Å². The van der Waals surface area contributed by atoms with Crippen LogP contribution in [-0.2, 0) is 28.8 Å². The van der Waals surface area contributed by atoms with Gasteiger partial charge in [-0.2, -0.15) is 0 Å². The van der Waals surface area contributed by atoms with E-state index < -0.39 is 75.7 Å². The Morgan fingerprint density at radius 2 is 0.881 bits per heavy atom. The Kier molecular flexibility index (Phi) is 12.5. The summed E-state index contributed by atoms with van der Waals surface area (Å²) in [4.78, 5) is 88.2. The van der Waals surface area contributed by atoms with Crippen molar-refractivity contribution in [3.05, 3.63) is 0 Å². The first-order valence-corrected chi connectivity index (χ1v) is 13.7. The van der Waals surface area contributed by atoms with Crippen LogP contribution < -0.4 is 43.0 Å². The number of carbonyl (C=O) groups is 7. The zero-order chi connectivity index (χ0) is 33.5. The number of nitrogens with one attached hydrogen (secondary N) is 7. The molecule has 0 aliphatic carbocycles. The number of nitrogens with two attached hydrogens (primary N) is 1. The third-order valence-corrected chi connectivity index (χ3v) is 6.73. The van der Waals surface area contributed by atoms with Crippen LogP contribution in [0.3, 0.4) is 0 Å². The van der Waals surface area contributed by atoms with Crippen LogP contribution in [0.25, 0.3) is 0 Å². The lowest BCUT2D eigenvalue weighted by atomic mass is 9.86. The highest BCUT2D eigenvalue weighted by Gasteiger charge is 2.45. The van der Waals surface area contributed by atoms with Gasteiger partial charge in [-0.1, -0.05) is 13.8 Å². The highest BCUT2D eigenvalue weighted by atomic mass is 16.2. The molecule has 0 aliphatic rings. The molecule has 0 fully saturated rings. The van der Waals surface area contributed by atoms with Crippen LogP contribution in [-0.4, -0.2) is 82.3 Å². The fourth-order valence-electron chi connectivity index (χ4n) is 3.25. The van der Waals surface area contributed by atoms with Crippen LogP contribution in [0.5, 0.6) is 0 Å². The van der Waals surface area contributed by atoms with Crippen molar-refractivity contribution in [3.8, 4) is 0 Å². The van der Waals surface area contributed by atoms with Crippen molar-refractivity contribution in [1.82, 2.24) is 37.2 Å². The van der Waals surface area contributed by atoms with Gasteiger partial charge in [-0.15, -0.1) is 0 Å². The van der Waals surface area contributed by atoms with Gasteiger partial charge >= 0.3 is 6.03 Å². The first kappa shape index (κ1) is 38.1. The van der Waals surface area contributed by atoms with Gasteiger partial charge in [0.2, 0.25) is 35.4 Å². The number of primary amides is 1. The second kappa shape index (κ2) is 13.8. The molecule has 0 heterocycles. The van der Waals surface area contributed by atoms with Crippen LogP contribution in [0.15, 0.2) is 0 Å². The average Bonchev–Trinajstić information content (AvgIpc) is 2.80. The van der Waals surface area contributed by atoms with Crippen molar-refractivity contribution in [2.75, 3.05) is 13.1 Å². The minimum absolute atomic E-state index is 0.339. The lowest BCUT2D eigenvalue weighted by Crippen LogP contribution is -2.69. The van der Waals surface area contributed by atoms with Crippen LogP contribution in [0.2, 0.25) is 0 Å². The van der Waals surface area contributed by atoms with Gasteiger partial charge in [-0.3, -0.25) is 28.8 Å². The summed E-state index contributed by atoms with van der Waals surface area (Å²) in [5.74, 6) is -4.50. The van der Waals surface area contributed by atoms with E-state index in [1.165, 1.54) is 55.4 Å². The van der Waals surface area contributed by atoms with Gasteiger partial charge in [0, 0.05) is 6.54 Å². The van der Waals surface area contributed by atoms with Crippen molar-refractivity contribution in [2.24, 2.45) is 11.7 Å². The maximum atomic E-state index is 13.3. The second-order valence-electron chi connectivity index (χ2n) is 12.8. The van der Waals surface area contributed by atoms with Gasteiger partial charge in [0.05, 0.1) is 6.54 Å². The van der Waals surface area contributed by atoms with E-state index in [2.05, 4.69) is 37.2 Å². The lowest BCUT2D eigenvalue weighted by molar-refractivity contribution is -0.141. The van der Waals surface area contributed by atoms with E-state index in [0.29, 0.717) is 6.54 Å². The molecule has 240 valence electrons. The first-order chi connectivity index (χ1) is 18.7. The molecular weight excluding hydrogens is 548 g/mol. The number of hydrogen-bond acceptors (Lipinski definition) is 7. The Morgan fingerprint density at radius 3 is 1.19 bits per heavy atom. The normalized spacial score (nSPS) is 13.6. The fraction of sp³-hybridized carbons (Fsp3) is 0.741. The highest BCUT2D eigenvalue weighted by Crippen LogP contribution is 2.19. The molecule has 0 aliphatic heterocycles. The molecule has 8 amide bonds. The summed E-state index contributed by atoms with van der Waals surface area (Å²) >= 11 is 0. The molecule has 15 heteroatoms. The molecular formula is C27H50N8O7. The molecule has 42 heavy (non-hydrogen) atoms. The van der Waals surface area contributed by atoms with E-state index in [9.17, 15) is 33.6 Å². The summed E-state index contributed by atoms with van der Waals surface area (Å²) < 4.78 is 0.